The van der Waals surface area contributed by atoms with E-state index in [0.717, 1.165) is 0 Å². The molecule has 90 valence electrons. The van der Waals surface area contributed by atoms with Gasteiger partial charge in [-0.1, -0.05) is 0 Å². The average Bonchev–Trinajstić information content (AvgIpc) is 2.26. The Morgan fingerprint density at radius 3 is 2.93 bits per heavy atom. The van der Waals surface area contributed by atoms with Crippen LogP contribution in [0.3, 0.4) is 0 Å². The molecule has 0 radical (unpaired) electrons. The van der Waals surface area contributed by atoms with E-state index < -0.39 is 10.0 Å². The molecular weight excluding hydrogens is 220 g/mol. The maximum absolute atomic E-state index is 11.8. The lowest BCUT2D eigenvalue weighted by Gasteiger charge is -2.33. The summed E-state index contributed by atoms with van der Waals surface area (Å²) in [7, 11) is -1.78. The zero-order valence-electron chi connectivity index (χ0n) is 8.89. The van der Waals surface area contributed by atoms with Gasteiger partial charge in [-0.25, -0.2) is 8.42 Å². The summed E-state index contributed by atoms with van der Waals surface area (Å²) in [6.07, 6.45) is 0. The third-order valence-corrected chi connectivity index (χ3v) is 4.23. The van der Waals surface area contributed by atoms with Gasteiger partial charge in [-0.15, -0.1) is 0 Å². The lowest BCUT2D eigenvalue weighted by Crippen LogP contribution is -2.52. The Morgan fingerprint density at radius 2 is 2.33 bits per heavy atom. The van der Waals surface area contributed by atoms with Crippen molar-refractivity contribution in [2.75, 3.05) is 45.8 Å². The highest BCUT2D eigenvalue weighted by Crippen LogP contribution is 2.11. The normalized spacial score (nSPS) is 24.3. The maximum Gasteiger partial charge on any atom is 0.216 e. The molecule has 0 spiro atoms. The van der Waals surface area contributed by atoms with Crippen LogP contribution in [-0.4, -0.2) is 64.5 Å². The van der Waals surface area contributed by atoms with Gasteiger partial charge in [-0.05, 0) is 0 Å². The summed E-state index contributed by atoms with van der Waals surface area (Å²) in [6, 6.07) is -0.236. The molecule has 7 heteroatoms. The number of morpholine rings is 1. The van der Waals surface area contributed by atoms with Gasteiger partial charge in [-0.2, -0.15) is 4.31 Å². The molecule has 0 aromatic carbocycles. The van der Waals surface area contributed by atoms with Crippen molar-refractivity contribution in [2.24, 2.45) is 5.73 Å². The quantitative estimate of drug-likeness (QED) is 0.638. The third-order valence-electron chi connectivity index (χ3n) is 2.35. The van der Waals surface area contributed by atoms with Crippen molar-refractivity contribution in [2.45, 2.75) is 6.04 Å². The number of nitrogens with two attached hydrogens (primary N) is 1. The number of rotatable bonds is 5. The van der Waals surface area contributed by atoms with E-state index in [0.29, 0.717) is 19.8 Å². The van der Waals surface area contributed by atoms with Gasteiger partial charge in [0.2, 0.25) is 10.0 Å². The molecule has 1 unspecified atom stereocenters. The van der Waals surface area contributed by atoms with Crippen LogP contribution < -0.4 is 5.73 Å². The zero-order valence-corrected chi connectivity index (χ0v) is 9.70. The summed E-state index contributed by atoms with van der Waals surface area (Å²) >= 11 is 0. The molecule has 0 amide bonds. The van der Waals surface area contributed by atoms with E-state index in [2.05, 4.69) is 0 Å². The SMILES string of the molecule is COCCS(=O)(=O)N1CCOCC1CN. The second kappa shape index (κ2) is 5.76. The minimum absolute atomic E-state index is 0. The standard InChI is InChI=1S/C8H18N2O4S/c1-13-4-5-15(11,12)10-2-3-14-7-8(10)6-9/h8H,2-7,9H2,1H3. The van der Waals surface area contributed by atoms with Crippen molar-refractivity contribution < 1.29 is 17.9 Å². The summed E-state index contributed by atoms with van der Waals surface area (Å²) in [4.78, 5) is 0. The Hall–Kier alpha value is -0.210. The fourth-order valence-corrected chi connectivity index (χ4v) is 3.06. The molecule has 1 aliphatic heterocycles. The molecule has 1 atom stereocenters. The number of nitrogens with zero attached hydrogens (tertiary/aromatic N) is 1. The largest absolute Gasteiger partial charge is 0.384 e. The predicted octanol–water partition coefficient (Wildman–Crippen LogP) is -1.38. The molecule has 1 fully saturated rings. The van der Waals surface area contributed by atoms with Gasteiger partial charge in [0.15, 0.2) is 0 Å². The molecule has 6 nitrogen and oxygen atoms in total. The van der Waals surface area contributed by atoms with Crippen molar-refractivity contribution in [1.82, 2.24) is 4.31 Å². The Morgan fingerprint density at radius 1 is 1.60 bits per heavy atom. The first-order chi connectivity index (χ1) is 7.11. The summed E-state index contributed by atoms with van der Waals surface area (Å²) < 4.78 is 35.1. The molecule has 0 saturated carbocycles. The fourth-order valence-electron chi connectivity index (χ4n) is 1.50. The van der Waals surface area contributed by atoms with E-state index in [1.54, 1.807) is 0 Å². The van der Waals surface area contributed by atoms with Crippen LogP contribution in [0.5, 0.6) is 0 Å². The molecule has 0 bridgehead atoms. The molecule has 1 rings (SSSR count). The third kappa shape index (κ3) is 3.39. The summed E-state index contributed by atoms with van der Waals surface area (Å²) in [6.45, 7) is 1.68. The molecule has 0 aromatic rings. The van der Waals surface area contributed by atoms with Crippen molar-refractivity contribution in [3.8, 4) is 0 Å². The molecule has 1 saturated heterocycles. The minimum atomic E-state index is -3.26. The second-order valence-electron chi connectivity index (χ2n) is 3.38. The average molecular weight is 238 g/mol. The molecule has 0 aromatic heterocycles. The summed E-state index contributed by atoms with van der Waals surface area (Å²) in [5, 5.41) is 0. The summed E-state index contributed by atoms with van der Waals surface area (Å²) in [5.41, 5.74) is 5.50. The lowest BCUT2D eigenvalue weighted by molar-refractivity contribution is 0.0355. The van der Waals surface area contributed by atoms with Crippen molar-refractivity contribution in [1.29, 1.82) is 0 Å². The molecule has 0 aliphatic carbocycles. The lowest BCUT2D eigenvalue weighted by atomic mass is 10.3. The topological polar surface area (TPSA) is 81.9 Å². The zero-order chi connectivity index (χ0) is 11.3. The highest BCUT2D eigenvalue weighted by atomic mass is 32.2. The number of hydrogen-bond donors (Lipinski definition) is 1. The Bertz CT molecular complexity index is 280. The van der Waals surface area contributed by atoms with Gasteiger partial charge in [-0.3, -0.25) is 0 Å². The van der Waals surface area contributed by atoms with Gasteiger partial charge in [0, 0.05) is 20.2 Å². The van der Waals surface area contributed by atoms with Crippen LogP contribution in [0.25, 0.3) is 0 Å². The fraction of sp³-hybridized carbons (Fsp3) is 1.00. The Kier molecular flexibility index (Phi) is 4.94. The Balaban J connectivity index is 2.65. The van der Waals surface area contributed by atoms with Crippen molar-refractivity contribution in [3.63, 3.8) is 0 Å². The first kappa shape index (κ1) is 12.9. The van der Waals surface area contributed by atoms with Gasteiger partial charge in [0.05, 0.1) is 31.6 Å². The molecule has 1 heterocycles. The van der Waals surface area contributed by atoms with Crippen LogP contribution in [0.4, 0.5) is 0 Å². The van der Waals surface area contributed by atoms with Crippen LogP contribution in [0.15, 0.2) is 0 Å². The van der Waals surface area contributed by atoms with Gasteiger partial charge < -0.3 is 15.2 Å². The molecule has 1 aliphatic rings. The predicted molar refractivity (Wildman–Crippen MR) is 56.0 cm³/mol. The van der Waals surface area contributed by atoms with Gasteiger partial charge in [0.1, 0.15) is 0 Å². The Labute approximate surface area is 90.4 Å². The molecule has 2 N–H and O–H groups in total. The molecular formula is C8H18N2O4S. The minimum Gasteiger partial charge on any atom is -0.384 e. The summed E-state index contributed by atoms with van der Waals surface area (Å²) in [5.74, 6) is 0. The van der Waals surface area contributed by atoms with Crippen LogP contribution >= 0.6 is 0 Å². The van der Waals surface area contributed by atoms with Crippen molar-refractivity contribution >= 4 is 10.0 Å². The monoisotopic (exact) mass is 238 g/mol. The van der Waals surface area contributed by atoms with E-state index in [9.17, 15) is 8.42 Å². The highest BCUT2D eigenvalue weighted by molar-refractivity contribution is 7.89. The first-order valence-electron chi connectivity index (χ1n) is 4.88. The van der Waals surface area contributed by atoms with Crippen molar-refractivity contribution in [3.05, 3.63) is 0 Å². The number of hydrogen-bond acceptors (Lipinski definition) is 5. The van der Waals surface area contributed by atoms with Crippen LogP contribution in [-0.2, 0) is 19.5 Å². The van der Waals surface area contributed by atoms with Gasteiger partial charge in [0.25, 0.3) is 0 Å². The van der Waals surface area contributed by atoms with E-state index in [1.807, 2.05) is 0 Å². The van der Waals surface area contributed by atoms with Crippen LogP contribution in [0.1, 0.15) is 0 Å². The van der Waals surface area contributed by atoms with E-state index in [-0.39, 0.29) is 24.9 Å². The van der Waals surface area contributed by atoms with E-state index in [4.69, 9.17) is 15.2 Å². The van der Waals surface area contributed by atoms with E-state index >= 15 is 0 Å². The smallest absolute Gasteiger partial charge is 0.216 e. The first-order valence-corrected chi connectivity index (χ1v) is 6.49. The number of sulfonamides is 1. The van der Waals surface area contributed by atoms with Gasteiger partial charge >= 0.3 is 0 Å². The van der Waals surface area contributed by atoms with Crippen LogP contribution in [0.2, 0.25) is 0 Å². The molecule has 15 heavy (non-hydrogen) atoms. The maximum atomic E-state index is 11.8. The highest BCUT2D eigenvalue weighted by Gasteiger charge is 2.31. The number of methoxy groups -OCH3 is 1. The van der Waals surface area contributed by atoms with E-state index in [1.165, 1.54) is 11.4 Å². The van der Waals surface area contributed by atoms with Crippen LogP contribution in [0, 0.1) is 0 Å². The second-order valence-corrected chi connectivity index (χ2v) is 5.43. The number of ether oxygens (including phenoxy) is 2.